The highest BCUT2D eigenvalue weighted by Crippen LogP contribution is 2.30. The molecule has 1 aromatic heterocycles. The maximum Gasteiger partial charge on any atom is 0.416 e. The molecule has 0 aliphatic carbocycles. The van der Waals surface area contributed by atoms with Crippen LogP contribution in [0.5, 0.6) is 0 Å². The predicted molar refractivity (Wildman–Crippen MR) is 73.9 cm³/mol. The number of carboxylic acids is 1. The first-order valence-electron chi connectivity index (χ1n) is 6.48. The molecule has 6 nitrogen and oxygen atoms in total. The number of aromatic nitrogens is 2. The summed E-state index contributed by atoms with van der Waals surface area (Å²) in [7, 11) is 0. The molecule has 122 valence electrons. The number of aromatic carboxylic acids is 1. The molecule has 0 fully saturated rings. The molecule has 2 N–H and O–H groups in total. The fourth-order valence-corrected chi connectivity index (χ4v) is 1.81. The third-order valence-corrected chi connectivity index (χ3v) is 2.92. The molecule has 0 aliphatic heterocycles. The summed E-state index contributed by atoms with van der Waals surface area (Å²) < 4.78 is 39.0. The van der Waals surface area contributed by atoms with Crippen molar-refractivity contribution in [2.75, 3.05) is 5.32 Å². The first-order chi connectivity index (χ1) is 10.8. The van der Waals surface area contributed by atoms with Gasteiger partial charge in [0.1, 0.15) is 0 Å². The summed E-state index contributed by atoms with van der Waals surface area (Å²) in [6.07, 6.45) is -2.13. The van der Waals surface area contributed by atoms with Crippen molar-refractivity contribution in [3.05, 3.63) is 47.8 Å². The summed E-state index contributed by atoms with van der Waals surface area (Å²) in [4.78, 5) is 22.4. The first-order valence-corrected chi connectivity index (χ1v) is 6.48. The van der Waals surface area contributed by atoms with E-state index in [0.717, 1.165) is 18.3 Å². The highest BCUT2D eigenvalue weighted by atomic mass is 19.4. The van der Waals surface area contributed by atoms with Gasteiger partial charge in [0.15, 0.2) is 0 Å². The van der Waals surface area contributed by atoms with E-state index in [1.165, 1.54) is 23.0 Å². The number of alkyl halides is 3. The van der Waals surface area contributed by atoms with E-state index in [2.05, 4.69) is 10.4 Å². The zero-order valence-electron chi connectivity index (χ0n) is 11.7. The van der Waals surface area contributed by atoms with E-state index in [9.17, 15) is 22.8 Å². The van der Waals surface area contributed by atoms with Crippen LogP contribution < -0.4 is 5.32 Å². The highest BCUT2D eigenvalue weighted by molar-refractivity contribution is 5.90. The molecule has 23 heavy (non-hydrogen) atoms. The summed E-state index contributed by atoms with van der Waals surface area (Å²) in [5.74, 6) is -1.64. The zero-order valence-corrected chi connectivity index (χ0v) is 11.7. The second kappa shape index (κ2) is 6.51. The molecule has 2 rings (SSSR count). The Kier molecular flexibility index (Phi) is 4.68. The van der Waals surface area contributed by atoms with Gasteiger partial charge in [0.2, 0.25) is 5.91 Å². The number of nitrogens with zero attached hydrogens (tertiary/aromatic N) is 2. The molecule has 9 heteroatoms. The average Bonchev–Trinajstić information content (AvgIpc) is 2.94. The van der Waals surface area contributed by atoms with Crippen molar-refractivity contribution in [2.24, 2.45) is 0 Å². The second-order valence-electron chi connectivity index (χ2n) is 4.67. The van der Waals surface area contributed by atoms with Crippen molar-refractivity contribution in [1.82, 2.24) is 9.78 Å². The van der Waals surface area contributed by atoms with Gasteiger partial charge in [0, 0.05) is 24.8 Å². The summed E-state index contributed by atoms with van der Waals surface area (Å²) in [6.45, 7) is 0.109. The highest BCUT2D eigenvalue weighted by Gasteiger charge is 2.30. The number of benzene rings is 1. The zero-order chi connectivity index (χ0) is 17.0. The SMILES string of the molecule is O=C(CCn1cc(C(=O)O)cn1)Nc1cccc(C(F)(F)F)c1. The largest absolute Gasteiger partial charge is 0.478 e. The molecule has 0 aliphatic rings. The summed E-state index contributed by atoms with van der Waals surface area (Å²) in [6, 6.07) is 4.30. The number of halogens is 3. The second-order valence-corrected chi connectivity index (χ2v) is 4.67. The van der Waals surface area contributed by atoms with Gasteiger partial charge in [0.05, 0.1) is 17.3 Å². The molecule has 0 unspecified atom stereocenters. The van der Waals surface area contributed by atoms with Gasteiger partial charge >= 0.3 is 12.1 Å². The van der Waals surface area contributed by atoms with Gasteiger partial charge in [-0.25, -0.2) is 4.79 Å². The molecule has 1 aromatic carbocycles. The van der Waals surface area contributed by atoms with E-state index in [4.69, 9.17) is 5.11 Å². The van der Waals surface area contributed by atoms with Gasteiger partial charge in [-0.2, -0.15) is 18.3 Å². The molecular weight excluding hydrogens is 315 g/mol. The van der Waals surface area contributed by atoms with Crippen LogP contribution in [0, 0.1) is 0 Å². The smallest absolute Gasteiger partial charge is 0.416 e. The Bertz CT molecular complexity index is 725. The first kappa shape index (κ1) is 16.5. The maximum atomic E-state index is 12.6. The minimum absolute atomic E-state index is 0.0108. The van der Waals surface area contributed by atoms with Crippen LogP contribution in [0.3, 0.4) is 0 Å². The van der Waals surface area contributed by atoms with Crippen LogP contribution in [-0.2, 0) is 17.5 Å². The molecule has 0 bridgehead atoms. The molecule has 1 amide bonds. The van der Waals surface area contributed by atoms with E-state index >= 15 is 0 Å². The standard InChI is InChI=1S/C14H12F3N3O3/c15-14(16,17)10-2-1-3-11(6-10)19-12(21)4-5-20-8-9(7-18-20)13(22)23/h1-3,6-8H,4-5H2,(H,19,21)(H,22,23). The quantitative estimate of drug-likeness (QED) is 0.884. The van der Waals surface area contributed by atoms with E-state index in [1.807, 2.05) is 0 Å². The molecule has 0 spiro atoms. The van der Waals surface area contributed by atoms with E-state index in [0.29, 0.717) is 0 Å². The number of aryl methyl sites for hydroxylation is 1. The summed E-state index contributed by atoms with van der Waals surface area (Å²) in [5.41, 5.74) is -0.826. The van der Waals surface area contributed by atoms with E-state index in [1.54, 1.807) is 0 Å². The lowest BCUT2D eigenvalue weighted by Gasteiger charge is -2.10. The monoisotopic (exact) mass is 327 g/mol. The van der Waals surface area contributed by atoms with E-state index in [-0.39, 0.29) is 24.2 Å². The molecule has 0 saturated heterocycles. The van der Waals surface area contributed by atoms with Gasteiger partial charge in [0.25, 0.3) is 0 Å². The van der Waals surface area contributed by atoms with Gasteiger partial charge in [-0.05, 0) is 18.2 Å². The van der Waals surface area contributed by atoms with Crippen molar-refractivity contribution in [1.29, 1.82) is 0 Å². The fourth-order valence-electron chi connectivity index (χ4n) is 1.81. The molecule has 0 radical (unpaired) electrons. The Morgan fingerprint density at radius 1 is 1.30 bits per heavy atom. The molecule has 1 heterocycles. The van der Waals surface area contributed by atoms with Crippen LogP contribution in [0.2, 0.25) is 0 Å². The third kappa shape index (κ3) is 4.56. The Morgan fingerprint density at radius 3 is 2.65 bits per heavy atom. The van der Waals surface area contributed by atoms with Crippen LogP contribution >= 0.6 is 0 Å². The Balaban J connectivity index is 1.93. The summed E-state index contributed by atoms with van der Waals surface area (Å²) in [5, 5.41) is 14.9. The van der Waals surface area contributed by atoms with Crippen molar-refractivity contribution >= 4 is 17.6 Å². The van der Waals surface area contributed by atoms with Crippen molar-refractivity contribution in [3.8, 4) is 0 Å². The Morgan fingerprint density at radius 2 is 2.04 bits per heavy atom. The third-order valence-electron chi connectivity index (χ3n) is 2.92. The lowest BCUT2D eigenvalue weighted by atomic mass is 10.2. The van der Waals surface area contributed by atoms with Gasteiger partial charge in [-0.3, -0.25) is 9.48 Å². The molecule has 2 aromatic rings. The lowest BCUT2D eigenvalue weighted by molar-refractivity contribution is -0.137. The predicted octanol–water partition coefficient (Wildman–Crippen LogP) is 2.63. The van der Waals surface area contributed by atoms with Crippen LogP contribution in [0.4, 0.5) is 18.9 Å². The number of anilines is 1. The Hall–Kier alpha value is -2.84. The molecule has 0 atom stereocenters. The number of amides is 1. The average molecular weight is 327 g/mol. The van der Waals surface area contributed by atoms with Gasteiger partial charge in [-0.1, -0.05) is 6.07 Å². The Labute approximate surface area is 128 Å². The minimum Gasteiger partial charge on any atom is -0.478 e. The van der Waals surface area contributed by atoms with Crippen molar-refractivity contribution in [3.63, 3.8) is 0 Å². The van der Waals surface area contributed by atoms with Crippen LogP contribution in [-0.4, -0.2) is 26.8 Å². The van der Waals surface area contributed by atoms with Crippen LogP contribution in [0.15, 0.2) is 36.7 Å². The number of hydrogen-bond acceptors (Lipinski definition) is 3. The van der Waals surface area contributed by atoms with E-state index < -0.39 is 23.6 Å². The van der Waals surface area contributed by atoms with Gasteiger partial charge < -0.3 is 10.4 Å². The number of rotatable bonds is 5. The normalized spacial score (nSPS) is 11.3. The number of carboxylic acid groups (broad SMARTS) is 1. The number of carbonyl (C=O) groups excluding carboxylic acids is 1. The summed E-state index contributed by atoms with van der Waals surface area (Å²) >= 11 is 0. The van der Waals surface area contributed by atoms with Crippen molar-refractivity contribution in [2.45, 2.75) is 19.1 Å². The number of nitrogens with one attached hydrogen (secondary N) is 1. The van der Waals surface area contributed by atoms with Crippen LogP contribution in [0.1, 0.15) is 22.3 Å². The minimum atomic E-state index is -4.48. The molecule has 0 saturated carbocycles. The number of hydrogen-bond donors (Lipinski definition) is 2. The fraction of sp³-hybridized carbons (Fsp3) is 0.214. The topological polar surface area (TPSA) is 84.2 Å². The lowest BCUT2D eigenvalue weighted by Crippen LogP contribution is -2.15. The van der Waals surface area contributed by atoms with Crippen LogP contribution in [0.25, 0.3) is 0 Å². The van der Waals surface area contributed by atoms with Crippen molar-refractivity contribution < 1.29 is 27.9 Å². The van der Waals surface area contributed by atoms with Gasteiger partial charge in [-0.15, -0.1) is 0 Å². The molecular formula is C14H12F3N3O3. The maximum absolute atomic E-state index is 12.6. The number of carbonyl (C=O) groups is 2.